The summed E-state index contributed by atoms with van der Waals surface area (Å²) < 4.78 is 1.42. The van der Waals surface area contributed by atoms with Crippen LogP contribution in [0.4, 0.5) is 0 Å². The van der Waals surface area contributed by atoms with Crippen LogP contribution in [0.25, 0.3) is 0 Å². The summed E-state index contributed by atoms with van der Waals surface area (Å²) in [5, 5.41) is 8.78. The average Bonchev–Trinajstić information content (AvgIpc) is 2.54. The largest absolute Gasteiger partial charge is 0.662 e. The van der Waals surface area contributed by atoms with E-state index in [1.807, 2.05) is 0 Å². The van der Waals surface area contributed by atoms with Crippen LogP contribution < -0.4 is 5.26 Å². The maximum absolute atomic E-state index is 9.28. The van der Waals surface area contributed by atoms with Crippen molar-refractivity contribution in [3.63, 3.8) is 0 Å². The molecule has 0 aromatic carbocycles. The lowest BCUT2D eigenvalue weighted by molar-refractivity contribution is -0.929. The molecule has 0 saturated carbocycles. The predicted molar refractivity (Wildman–Crippen MR) is 91.1 cm³/mol. The van der Waals surface area contributed by atoms with Crippen LogP contribution in [0.3, 0.4) is 0 Å². The highest BCUT2D eigenvalue weighted by molar-refractivity contribution is 5.64. The first-order valence-electron chi connectivity index (χ1n) is 9.17. The highest BCUT2D eigenvalue weighted by Gasteiger charge is 2.24. The number of rotatable bonds is 12. The smallest absolute Gasteiger partial charge is 0.296 e. The summed E-state index contributed by atoms with van der Waals surface area (Å²) in [7, 11) is 0. The van der Waals surface area contributed by atoms with Gasteiger partial charge in [-0.1, -0.05) is 53.4 Å². The van der Waals surface area contributed by atoms with Gasteiger partial charge in [0.05, 0.1) is 26.2 Å². The van der Waals surface area contributed by atoms with Crippen LogP contribution in [-0.4, -0.2) is 36.6 Å². The molecular formula is C18H39NO3. The molecule has 22 heavy (non-hydrogen) atoms. The highest BCUT2D eigenvalue weighted by atomic mass is 17.1. The third-order valence-electron chi connectivity index (χ3n) is 4.06. The van der Waals surface area contributed by atoms with E-state index in [1.54, 1.807) is 0 Å². The van der Waals surface area contributed by atoms with Gasteiger partial charge in [0.15, 0.2) is 0 Å². The summed E-state index contributed by atoms with van der Waals surface area (Å²) >= 11 is 0. The summed E-state index contributed by atoms with van der Waals surface area (Å²) in [6.45, 7) is 16.1. The van der Waals surface area contributed by atoms with Crippen molar-refractivity contribution in [3.8, 4) is 0 Å². The summed E-state index contributed by atoms with van der Waals surface area (Å²) in [4.78, 5) is 12.1. The monoisotopic (exact) mass is 317 g/mol. The number of quaternary nitrogens is 1. The Balaban J connectivity index is 0. The third kappa shape index (κ3) is 14.3. The topological polar surface area (TPSA) is 49.4 Å². The number of unbranched alkanes of at least 4 members (excludes halogenated alkanes) is 4. The molecule has 4 nitrogen and oxygen atoms in total. The highest BCUT2D eigenvalue weighted by Crippen LogP contribution is 2.16. The molecule has 0 aliphatic heterocycles. The fourth-order valence-electron chi connectivity index (χ4n) is 2.64. The molecule has 0 spiro atoms. The van der Waals surface area contributed by atoms with Crippen molar-refractivity contribution in [2.45, 2.75) is 86.0 Å². The van der Waals surface area contributed by atoms with Gasteiger partial charge in [-0.05, 0) is 25.7 Å². The quantitative estimate of drug-likeness (QED) is 0.312. The molecule has 0 aromatic rings. The molecule has 0 fully saturated rings. The molecule has 0 rings (SSSR count). The first-order valence-corrected chi connectivity index (χ1v) is 9.17. The van der Waals surface area contributed by atoms with Crippen molar-refractivity contribution in [2.75, 3.05) is 26.2 Å². The van der Waals surface area contributed by atoms with Crippen molar-refractivity contribution < 1.29 is 19.4 Å². The molecule has 0 aromatic heterocycles. The Morgan fingerprint density at radius 1 is 0.773 bits per heavy atom. The first kappa shape index (κ1) is 23.7. The molecule has 0 aliphatic rings. The van der Waals surface area contributed by atoms with Crippen molar-refractivity contribution >= 4 is 5.97 Å². The zero-order valence-corrected chi connectivity index (χ0v) is 15.7. The van der Waals surface area contributed by atoms with Gasteiger partial charge >= 0.3 is 0 Å². The summed E-state index contributed by atoms with van der Waals surface area (Å²) in [5.41, 5.74) is 0. The van der Waals surface area contributed by atoms with E-state index in [9.17, 15) is 4.79 Å². The summed E-state index contributed by atoms with van der Waals surface area (Å²) in [6.07, 6.45) is 11.1. The molecule has 0 atom stereocenters. The summed E-state index contributed by atoms with van der Waals surface area (Å²) in [6, 6.07) is 0. The van der Waals surface area contributed by atoms with Gasteiger partial charge in [0.2, 0.25) is 0 Å². The van der Waals surface area contributed by atoms with Crippen LogP contribution in [-0.2, 0) is 9.68 Å². The van der Waals surface area contributed by atoms with Crippen LogP contribution in [0.1, 0.15) is 86.0 Å². The first-order chi connectivity index (χ1) is 10.5. The van der Waals surface area contributed by atoms with Crippen molar-refractivity contribution in [1.82, 2.24) is 0 Å². The van der Waals surface area contributed by atoms with E-state index in [-0.39, 0.29) is 0 Å². The molecule has 0 amide bonds. The Labute approximate surface area is 138 Å². The molecule has 0 bridgehead atoms. The normalized spacial score (nSPS) is 10.8. The van der Waals surface area contributed by atoms with E-state index < -0.39 is 5.97 Å². The number of hydrogen-bond donors (Lipinski definition) is 0. The van der Waals surface area contributed by atoms with E-state index in [0.717, 1.165) is 6.92 Å². The second kappa shape index (κ2) is 16.8. The van der Waals surface area contributed by atoms with E-state index in [0.29, 0.717) is 0 Å². The van der Waals surface area contributed by atoms with Gasteiger partial charge < -0.3 is 14.6 Å². The van der Waals surface area contributed by atoms with Crippen molar-refractivity contribution in [3.05, 3.63) is 0 Å². The molecule has 0 heterocycles. The number of carbonyl (C=O) groups is 1. The Hall–Kier alpha value is -0.610. The second-order valence-electron chi connectivity index (χ2n) is 6.23. The van der Waals surface area contributed by atoms with Crippen LogP contribution in [0.5, 0.6) is 0 Å². The maximum atomic E-state index is 9.28. The van der Waals surface area contributed by atoms with Gasteiger partial charge in [0.25, 0.3) is 5.97 Å². The third-order valence-corrected chi connectivity index (χ3v) is 4.06. The van der Waals surface area contributed by atoms with Gasteiger partial charge in [0.1, 0.15) is 0 Å². The fourth-order valence-corrected chi connectivity index (χ4v) is 2.64. The Kier molecular flexibility index (Phi) is 18.0. The van der Waals surface area contributed by atoms with Gasteiger partial charge in [-0.2, -0.15) is 0 Å². The van der Waals surface area contributed by atoms with E-state index in [2.05, 4.69) is 32.6 Å². The standard InChI is InChI=1S/C16H36N.C2H4O3/c1-5-9-13-17(14-10-6-2,15-11-7-3)16-12-8-4;1-2(3)5-4/h5-16H2,1-4H3;4H,1H3/q+1;/p-1. The van der Waals surface area contributed by atoms with Crippen molar-refractivity contribution in [1.29, 1.82) is 0 Å². The SMILES string of the molecule is CC(=O)O[O-].CCCC[N+](CCCC)(CCCC)CCCC. The molecule has 0 aliphatic carbocycles. The van der Waals surface area contributed by atoms with Crippen molar-refractivity contribution in [2.24, 2.45) is 0 Å². The minimum atomic E-state index is -0.801. The minimum Gasteiger partial charge on any atom is -0.662 e. The lowest BCUT2D eigenvalue weighted by atomic mass is 10.1. The maximum Gasteiger partial charge on any atom is 0.296 e. The van der Waals surface area contributed by atoms with Crippen LogP contribution in [0.2, 0.25) is 0 Å². The van der Waals surface area contributed by atoms with E-state index >= 15 is 0 Å². The van der Waals surface area contributed by atoms with Crippen LogP contribution in [0, 0.1) is 0 Å². The summed E-state index contributed by atoms with van der Waals surface area (Å²) in [5.74, 6) is -0.801. The molecular weight excluding hydrogens is 278 g/mol. The fraction of sp³-hybridized carbons (Fsp3) is 0.944. The average molecular weight is 318 g/mol. The molecule has 134 valence electrons. The Morgan fingerprint density at radius 3 is 1.14 bits per heavy atom. The number of carbonyl (C=O) groups excluding carboxylic acids is 1. The predicted octanol–water partition coefficient (Wildman–Crippen LogP) is 3.83. The van der Waals surface area contributed by atoms with Gasteiger partial charge in [-0.15, -0.1) is 0 Å². The van der Waals surface area contributed by atoms with Crippen LogP contribution in [0.15, 0.2) is 0 Å². The zero-order chi connectivity index (χ0) is 17.3. The number of hydrogen-bond acceptors (Lipinski definition) is 3. The van der Waals surface area contributed by atoms with Gasteiger partial charge in [0, 0.05) is 6.92 Å². The van der Waals surface area contributed by atoms with E-state index in [4.69, 9.17) is 5.26 Å². The lowest BCUT2D eigenvalue weighted by Gasteiger charge is -2.39. The zero-order valence-electron chi connectivity index (χ0n) is 15.7. The molecule has 0 radical (unpaired) electrons. The lowest BCUT2D eigenvalue weighted by Crippen LogP contribution is -2.50. The Bertz CT molecular complexity index is 207. The molecule has 0 saturated heterocycles. The molecule has 4 heteroatoms. The number of nitrogens with zero attached hydrogens (tertiary/aromatic N) is 1. The molecule has 0 unspecified atom stereocenters. The van der Waals surface area contributed by atoms with E-state index in [1.165, 1.54) is 82.0 Å². The minimum absolute atomic E-state index is 0.801. The van der Waals surface area contributed by atoms with Gasteiger partial charge in [-0.3, -0.25) is 4.79 Å². The Morgan fingerprint density at radius 2 is 1.00 bits per heavy atom. The van der Waals surface area contributed by atoms with Crippen LogP contribution >= 0.6 is 0 Å². The second-order valence-corrected chi connectivity index (χ2v) is 6.23. The molecule has 0 N–H and O–H groups in total. The van der Waals surface area contributed by atoms with Gasteiger partial charge in [-0.25, -0.2) is 0 Å².